The predicted octanol–water partition coefficient (Wildman–Crippen LogP) is 0.613. The standard InChI is InChI=1S/C10H10N2O3/c1-15-10(14)8-4-11-12-5-7(6-13)2-3-9(8)12/h2-5,13H,6H2,1H3. The molecule has 0 aliphatic carbocycles. The number of aromatic nitrogens is 2. The lowest BCUT2D eigenvalue weighted by Gasteiger charge is -1.99. The lowest BCUT2D eigenvalue weighted by Crippen LogP contribution is -2.00. The molecular formula is C10H10N2O3. The van der Waals surface area contributed by atoms with Gasteiger partial charge in [-0.1, -0.05) is 6.07 Å². The maximum absolute atomic E-state index is 11.3. The molecule has 5 nitrogen and oxygen atoms in total. The Balaban J connectivity index is 2.57. The van der Waals surface area contributed by atoms with E-state index in [1.165, 1.54) is 17.8 Å². The number of aliphatic hydroxyl groups excluding tert-OH is 1. The number of rotatable bonds is 2. The smallest absolute Gasteiger partial charge is 0.341 e. The van der Waals surface area contributed by atoms with Gasteiger partial charge >= 0.3 is 5.97 Å². The van der Waals surface area contributed by atoms with Crippen molar-refractivity contribution in [3.05, 3.63) is 35.7 Å². The van der Waals surface area contributed by atoms with Gasteiger partial charge in [0.2, 0.25) is 0 Å². The van der Waals surface area contributed by atoms with Gasteiger partial charge in [0.1, 0.15) is 5.56 Å². The molecule has 1 N–H and O–H groups in total. The van der Waals surface area contributed by atoms with Crippen LogP contribution in [0.4, 0.5) is 0 Å². The molecule has 0 saturated carbocycles. The van der Waals surface area contributed by atoms with Crippen molar-refractivity contribution in [1.29, 1.82) is 0 Å². The highest BCUT2D eigenvalue weighted by molar-refractivity contribution is 5.96. The fraction of sp³-hybridized carbons (Fsp3) is 0.200. The molecule has 0 unspecified atom stereocenters. The average Bonchev–Trinajstić information content (AvgIpc) is 2.70. The highest BCUT2D eigenvalue weighted by Gasteiger charge is 2.12. The number of carbonyl (C=O) groups excluding carboxylic acids is 1. The number of fused-ring (bicyclic) bond motifs is 1. The van der Waals surface area contributed by atoms with Crippen molar-refractivity contribution in [3.63, 3.8) is 0 Å². The fourth-order valence-electron chi connectivity index (χ4n) is 1.39. The Kier molecular flexibility index (Phi) is 2.39. The number of methoxy groups -OCH3 is 1. The molecule has 0 aromatic carbocycles. The molecule has 2 aromatic rings. The largest absolute Gasteiger partial charge is 0.465 e. The second-order valence-electron chi connectivity index (χ2n) is 3.08. The summed E-state index contributed by atoms with van der Waals surface area (Å²) in [6.07, 6.45) is 3.12. The molecule has 78 valence electrons. The zero-order valence-electron chi connectivity index (χ0n) is 8.17. The second-order valence-corrected chi connectivity index (χ2v) is 3.08. The van der Waals surface area contributed by atoms with Crippen molar-refractivity contribution in [2.45, 2.75) is 6.61 Å². The van der Waals surface area contributed by atoms with Crippen molar-refractivity contribution >= 4 is 11.5 Å². The number of pyridine rings is 1. The van der Waals surface area contributed by atoms with Crippen LogP contribution in [0.1, 0.15) is 15.9 Å². The van der Waals surface area contributed by atoms with Crippen LogP contribution in [0.15, 0.2) is 24.5 Å². The van der Waals surface area contributed by atoms with Crippen LogP contribution in [0, 0.1) is 0 Å². The van der Waals surface area contributed by atoms with Gasteiger partial charge in [-0.2, -0.15) is 5.10 Å². The molecule has 0 amide bonds. The molecule has 0 radical (unpaired) electrons. The van der Waals surface area contributed by atoms with Crippen molar-refractivity contribution in [1.82, 2.24) is 9.61 Å². The molecule has 2 aromatic heterocycles. The van der Waals surface area contributed by atoms with E-state index in [2.05, 4.69) is 9.84 Å². The maximum Gasteiger partial charge on any atom is 0.341 e. The summed E-state index contributed by atoms with van der Waals surface area (Å²) in [4.78, 5) is 11.3. The van der Waals surface area contributed by atoms with Gasteiger partial charge < -0.3 is 9.84 Å². The number of nitrogens with zero attached hydrogens (tertiary/aromatic N) is 2. The van der Waals surface area contributed by atoms with Crippen molar-refractivity contribution < 1.29 is 14.6 Å². The number of hydrogen-bond donors (Lipinski definition) is 1. The van der Waals surface area contributed by atoms with Gasteiger partial charge in [-0.05, 0) is 11.6 Å². The highest BCUT2D eigenvalue weighted by atomic mass is 16.5. The van der Waals surface area contributed by atoms with E-state index in [1.54, 1.807) is 18.3 Å². The van der Waals surface area contributed by atoms with E-state index in [-0.39, 0.29) is 6.61 Å². The SMILES string of the molecule is COC(=O)c1cnn2cc(CO)ccc12. The minimum atomic E-state index is -0.415. The normalized spacial score (nSPS) is 10.5. The van der Waals surface area contributed by atoms with Crippen LogP contribution in [-0.2, 0) is 11.3 Å². The van der Waals surface area contributed by atoms with E-state index < -0.39 is 5.97 Å². The summed E-state index contributed by atoms with van der Waals surface area (Å²) >= 11 is 0. The summed E-state index contributed by atoms with van der Waals surface area (Å²) in [5.41, 5.74) is 1.82. The Hall–Kier alpha value is -1.88. The van der Waals surface area contributed by atoms with E-state index >= 15 is 0 Å². The summed E-state index contributed by atoms with van der Waals surface area (Å²) in [6.45, 7) is -0.0522. The second kappa shape index (κ2) is 3.70. The molecule has 0 spiro atoms. The number of ether oxygens (including phenoxy) is 1. The van der Waals surface area contributed by atoms with Crippen LogP contribution in [0.2, 0.25) is 0 Å². The lowest BCUT2D eigenvalue weighted by atomic mass is 10.2. The van der Waals surface area contributed by atoms with Crippen molar-refractivity contribution in [3.8, 4) is 0 Å². The zero-order chi connectivity index (χ0) is 10.8. The lowest BCUT2D eigenvalue weighted by molar-refractivity contribution is 0.0603. The first-order chi connectivity index (χ1) is 7.26. The van der Waals surface area contributed by atoms with Crippen LogP contribution < -0.4 is 0 Å². The predicted molar refractivity (Wildman–Crippen MR) is 52.5 cm³/mol. The molecule has 0 aliphatic rings. The number of aliphatic hydroxyl groups is 1. The molecular weight excluding hydrogens is 196 g/mol. The Bertz CT molecular complexity index is 504. The van der Waals surface area contributed by atoms with Crippen LogP contribution in [0.5, 0.6) is 0 Å². The first kappa shape index (κ1) is 9.67. The molecule has 2 rings (SSSR count). The average molecular weight is 206 g/mol. The van der Waals surface area contributed by atoms with E-state index in [9.17, 15) is 4.79 Å². The zero-order valence-corrected chi connectivity index (χ0v) is 8.17. The van der Waals surface area contributed by atoms with Crippen molar-refractivity contribution in [2.24, 2.45) is 0 Å². The number of carbonyl (C=O) groups is 1. The van der Waals surface area contributed by atoms with Gasteiger partial charge in [0, 0.05) is 6.20 Å². The van der Waals surface area contributed by atoms with Gasteiger partial charge in [0.05, 0.1) is 25.4 Å². The Morgan fingerprint density at radius 1 is 1.60 bits per heavy atom. The highest BCUT2D eigenvalue weighted by Crippen LogP contribution is 2.12. The third-order valence-electron chi connectivity index (χ3n) is 2.17. The minimum Gasteiger partial charge on any atom is -0.465 e. The van der Waals surface area contributed by atoms with Gasteiger partial charge in [0.15, 0.2) is 0 Å². The van der Waals surface area contributed by atoms with Crippen LogP contribution in [0.25, 0.3) is 5.52 Å². The molecule has 5 heteroatoms. The third kappa shape index (κ3) is 1.57. The van der Waals surface area contributed by atoms with Gasteiger partial charge in [-0.25, -0.2) is 9.31 Å². The summed E-state index contributed by atoms with van der Waals surface area (Å²) in [6, 6.07) is 3.47. The maximum atomic E-state index is 11.3. The van der Waals surface area contributed by atoms with Crippen molar-refractivity contribution in [2.75, 3.05) is 7.11 Å². The number of esters is 1. The monoisotopic (exact) mass is 206 g/mol. The van der Waals surface area contributed by atoms with E-state index in [4.69, 9.17) is 5.11 Å². The quantitative estimate of drug-likeness (QED) is 0.731. The molecule has 2 heterocycles. The van der Waals surface area contributed by atoms with Crippen LogP contribution in [-0.4, -0.2) is 27.8 Å². The van der Waals surface area contributed by atoms with Crippen LogP contribution >= 0.6 is 0 Å². The van der Waals surface area contributed by atoms with Gasteiger partial charge in [-0.15, -0.1) is 0 Å². The molecule has 0 bridgehead atoms. The summed E-state index contributed by atoms with van der Waals surface area (Å²) in [7, 11) is 1.33. The van der Waals surface area contributed by atoms with E-state index in [0.29, 0.717) is 11.1 Å². The van der Waals surface area contributed by atoms with Gasteiger partial charge in [0.25, 0.3) is 0 Å². The molecule has 0 atom stereocenters. The fourth-order valence-corrected chi connectivity index (χ4v) is 1.39. The molecule has 0 aliphatic heterocycles. The summed E-state index contributed by atoms with van der Waals surface area (Å²) < 4.78 is 6.16. The van der Waals surface area contributed by atoms with Gasteiger partial charge in [-0.3, -0.25) is 0 Å². The minimum absolute atomic E-state index is 0.0522. The summed E-state index contributed by atoms with van der Waals surface area (Å²) in [5.74, 6) is -0.415. The molecule has 0 saturated heterocycles. The number of hydrogen-bond acceptors (Lipinski definition) is 4. The first-order valence-corrected chi connectivity index (χ1v) is 4.41. The molecule has 15 heavy (non-hydrogen) atoms. The van der Waals surface area contributed by atoms with E-state index in [1.807, 2.05) is 0 Å². The van der Waals surface area contributed by atoms with Crippen LogP contribution in [0.3, 0.4) is 0 Å². The topological polar surface area (TPSA) is 63.8 Å². The summed E-state index contributed by atoms with van der Waals surface area (Å²) in [5, 5.41) is 12.9. The molecule has 0 fully saturated rings. The Morgan fingerprint density at radius 3 is 3.07 bits per heavy atom. The van der Waals surface area contributed by atoms with E-state index in [0.717, 1.165) is 5.56 Å². The third-order valence-corrected chi connectivity index (χ3v) is 2.17. The first-order valence-electron chi connectivity index (χ1n) is 4.41. The Morgan fingerprint density at radius 2 is 2.40 bits per heavy atom. The Labute approximate surface area is 85.9 Å².